The fourth-order valence-electron chi connectivity index (χ4n) is 2.95. The predicted molar refractivity (Wildman–Crippen MR) is 70.5 cm³/mol. The van der Waals surface area contributed by atoms with Gasteiger partial charge in [-0.1, -0.05) is 29.4 Å². The van der Waals surface area contributed by atoms with Gasteiger partial charge in [0, 0.05) is 5.92 Å². The summed E-state index contributed by atoms with van der Waals surface area (Å²) in [7, 11) is 0. The monoisotopic (exact) mass is 255 g/mol. The smallest absolute Gasteiger partial charge is 0.243 e. The molecule has 1 aromatic carbocycles. The van der Waals surface area contributed by atoms with Gasteiger partial charge in [-0.05, 0) is 42.7 Å². The first-order chi connectivity index (χ1) is 9.31. The van der Waals surface area contributed by atoms with Gasteiger partial charge in [0.05, 0.1) is 6.04 Å². The highest BCUT2D eigenvalue weighted by Crippen LogP contribution is 2.39. The van der Waals surface area contributed by atoms with Gasteiger partial charge in [0.2, 0.25) is 5.89 Å². The molecule has 98 valence electrons. The zero-order chi connectivity index (χ0) is 12.8. The molecule has 1 saturated carbocycles. The van der Waals surface area contributed by atoms with E-state index in [0.717, 1.165) is 18.7 Å². The molecule has 1 fully saturated rings. The van der Waals surface area contributed by atoms with E-state index in [1.165, 1.54) is 24.0 Å². The van der Waals surface area contributed by atoms with E-state index in [1.54, 1.807) is 0 Å². The van der Waals surface area contributed by atoms with Crippen molar-refractivity contribution in [3.8, 4) is 0 Å². The summed E-state index contributed by atoms with van der Waals surface area (Å²) in [5, 5.41) is 4.15. The Kier molecular flexibility index (Phi) is 2.45. The van der Waals surface area contributed by atoms with Crippen LogP contribution in [0.4, 0.5) is 0 Å². The third-order valence-corrected chi connectivity index (χ3v) is 4.29. The van der Waals surface area contributed by atoms with Gasteiger partial charge in [0.15, 0.2) is 5.82 Å². The lowest BCUT2D eigenvalue weighted by atomic mass is 10.1. The second kappa shape index (κ2) is 4.17. The van der Waals surface area contributed by atoms with Gasteiger partial charge < -0.3 is 10.3 Å². The van der Waals surface area contributed by atoms with E-state index in [1.807, 2.05) is 0 Å². The van der Waals surface area contributed by atoms with Gasteiger partial charge in [-0.2, -0.15) is 4.98 Å². The molecule has 4 heteroatoms. The molecule has 1 atom stereocenters. The Labute approximate surface area is 112 Å². The summed E-state index contributed by atoms with van der Waals surface area (Å²) < 4.78 is 5.35. The van der Waals surface area contributed by atoms with Crippen molar-refractivity contribution in [2.24, 2.45) is 11.7 Å². The van der Waals surface area contributed by atoms with Crippen LogP contribution in [0.15, 0.2) is 28.8 Å². The van der Waals surface area contributed by atoms with E-state index >= 15 is 0 Å². The second-order valence-corrected chi connectivity index (χ2v) is 5.73. The van der Waals surface area contributed by atoms with E-state index in [4.69, 9.17) is 10.3 Å². The molecule has 2 aliphatic carbocycles. The minimum absolute atomic E-state index is 0.0648. The number of hydrogen-bond donors (Lipinski definition) is 1. The van der Waals surface area contributed by atoms with Crippen LogP contribution in [-0.4, -0.2) is 10.1 Å². The summed E-state index contributed by atoms with van der Waals surface area (Å²) in [6.07, 6.45) is 4.39. The Morgan fingerprint density at radius 3 is 2.47 bits per heavy atom. The highest BCUT2D eigenvalue weighted by Gasteiger charge is 2.34. The molecule has 19 heavy (non-hydrogen) atoms. The molecule has 1 aromatic heterocycles. The van der Waals surface area contributed by atoms with Crippen LogP contribution in [0.3, 0.4) is 0 Å². The van der Waals surface area contributed by atoms with Crippen molar-refractivity contribution < 1.29 is 4.52 Å². The number of rotatable bonds is 3. The lowest BCUT2D eigenvalue weighted by molar-refractivity contribution is 0.338. The summed E-state index contributed by atoms with van der Waals surface area (Å²) in [6.45, 7) is 0. The van der Waals surface area contributed by atoms with E-state index in [-0.39, 0.29) is 6.04 Å². The molecule has 0 radical (unpaired) electrons. The number of benzene rings is 1. The highest BCUT2D eigenvalue weighted by molar-refractivity contribution is 5.34. The van der Waals surface area contributed by atoms with Gasteiger partial charge in [-0.25, -0.2) is 0 Å². The third-order valence-electron chi connectivity index (χ3n) is 4.29. The van der Waals surface area contributed by atoms with Crippen LogP contribution >= 0.6 is 0 Å². The average Bonchev–Trinajstić information content (AvgIpc) is 3.01. The molecule has 2 N–H and O–H groups in total. The second-order valence-electron chi connectivity index (χ2n) is 5.73. The fraction of sp³-hybridized carbons (Fsp3) is 0.467. The summed E-state index contributed by atoms with van der Waals surface area (Å²) in [5.41, 5.74) is 8.92. The number of nitrogens with zero attached hydrogens (tertiary/aromatic N) is 2. The first-order valence-electron chi connectivity index (χ1n) is 6.97. The van der Waals surface area contributed by atoms with Gasteiger partial charge in [-0.15, -0.1) is 0 Å². The first kappa shape index (κ1) is 11.2. The SMILES string of the molecule is NC(c1nc(C2Cc3ccccc3C2)no1)C1CC1. The molecule has 0 saturated heterocycles. The van der Waals surface area contributed by atoms with Gasteiger partial charge in [0.1, 0.15) is 0 Å². The van der Waals surface area contributed by atoms with Crippen LogP contribution in [0.1, 0.15) is 47.6 Å². The maximum atomic E-state index is 6.10. The summed E-state index contributed by atoms with van der Waals surface area (Å²) in [4.78, 5) is 4.53. The third kappa shape index (κ3) is 1.96. The Morgan fingerprint density at radius 2 is 1.84 bits per heavy atom. The van der Waals surface area contributed by atoms with Crippen LogP contribution in [0.2, 0.25) is 0 Å². The zero-order valence-corrected chi connectivity index (χ0v) is 10.7. The summed E-state index contributed by atoms with van der Waals surface area (Å²) in [6, 6.07) is 8.49. The van der Waals surface area contributed by atoms with Crippen molar-refractivity contribution in [1.29, 1.82) is 0 Å². The molecule has 2 aliphatic rings. The van der Waals surface area contributed by atoms with Crippen molar-refractivity contribution in [3.63, 3.8) is 0 Å². The van der Waals surface area contributed by atoms with Crippen LogP contribution in [0.5, 0.6) is 0 Å². The van der Waals surface area contributed by atoms with E-state index in [9.17, 15) is 0 Å². The molecular weight excluding hydrogens is 238 g/mol. The first-order valence-corrected chi connectivity index (χ1v) is 6.97. The van der Waals surface area contributed by atoms with Crippen LogP contribution in [0, 0.1) is 5.92 Å². The van der Waals surface area contributed by atoms with E-state index in [0.29, 0.717) is 17.7 Å². The quantitative estimate of drug-likeness (QED) is 0.914. The molecular formula is C15H17N3O. The summed E-state index contributed by atoms with van der Waals surface area (Å²) in [5.74, 6) is 2.34. The van der Waals surface area contributed by atoms with Crippen LogP contribution in [0.25, 0.3) is 0 Å². The van der Waals surface area contributed by atoms with Crippen molar-refractivity contribution in [1.82, 2.24) is 10.1 Å². The normalized spacial score (nSPS) is 20.5. The molecule has 0 amide bonds. The standard InChI is InChI=1S/C15H17N3O/c16-13(9-5-6-9)15-17-14(18-19-15)12-7-10-3-1-2-4-11(10)8-12/h1-4,9,12-13H,5-8,16H2. The lowest BCUT2D eigenvalue weighted by Crippen LogP contribution is -2.13. The zero-order valence-electron chi connectivity index (χ0n) is 10.7. The Hall–Kier alpha value is -1.68. The van der Waals surface area contributed by atoms with Gasteiger partial charge in [0.25, 0.3) is 0 Å². The topological polar surface area (TPSA) is 64.9 Å². The number of nitrogens with two attached hydrogens (primary N) is 1. The molecule has 2 aromatic rings. The minimum atomic E-state index is -0.0648. The van der Waals surface area contributed by atoms with Gasteiger partial charge in [-0.3, -0.25) is 0 Å². The lowest BCUT2D eigenvalue weighted by Gasteiger charge is -2.03. The molecule has 4 rings (SSSR count). The predicted octanol–water partition coefficient (Wildman–Crippen LogP) is 2.36. The molecule has 0 aliphatic heterocycles. The molecule has 1 unspecified atom stereocenters. The Bertz CT molecular complexity index is 578. The summed E-state index contributed by atoms with van der Waals surface area (Å²) >= 11 is 0. The van der Waals surface area contributed by atoms with Crippen molar-refractivity contribution in [3.05, 3.63) is 47.1 Å². The fourth-order valence-corrected chi connectivity index (χ4v) is 2.95. The minimum Gasteiger partial charge on any atom is -0.338 e. The molecule has 0 bridgehead atoms. The van der Waals surface area contributed by atoms with Crippen molar-refractivity contribution >= 4 is 0 Å². The number of fused-ring (bicyclic) bond motifs is 1. The van der Waals surface area contributed by atoms with Crippen molar-refractivity contribution in [2.75, 3.05) is 0 Å². The maximum absolute atomic E-state index is 6.10. The number of hydrogen-bond acceptors (Lipinski definition) is 4. The highest BCUT2D eigenvalue weighted by atomic mass is 16.5. The Balaban J connectivity index is 1.55. The Morgan fingerprint density at radius 1 is 1.16 bits per heavy atom. The average molecular weight is 255 g/mol. The van der Waals surface area contributed by atoms with Crippen LogP contribution < -0.4 is 5.73 Å². The number of aromatic nitrogens is 2. The molecule has 4 nitrogen and oxygen atoms in total. The van der Waals surface area contributed by atoms with Crippen molar-refractivity contribution in [2.45, 2.75) is 37.6 Å². The van der Waals surface area contributed by atoms with E-state index in [2.05, 4.69) is 34.4 Å². The molecule has 0 spiro atoms. The maximum Gasteiger partial charge on any atom is 0.243 e. The molecule has 1 heterocycles. The largest absolute Gasteiger partial charge is 0.338 e. The van der Waals surface area contributed by atoms with Crippen LogP contribution in [-0.2, 0) is 12.8 Å². The van der Waals surface area contributed by atoms with E-state index < -0.39 is 0 Å². The van der Waals surface area contributed by atoms with Gasteiger partial charge >= 0.3 is 0 Å².